The van der Waals surface area contributed by atoms with E-state index in [4.69, 9.17) is 5.26 Å². The summed E-state index contributed by atoms with van der Waals surface area (Å²) >= 11 is 0. The number of hydrogen-bond donors (Lipinski definition) is 2. The molecule has 0 aliphatic carbocycles. The molecule has 1 fully saturated rings. The van der Waals surface area contributed by atoms with E-state index < -0.39 is 0 Å². The van der Waals surface area contributed by atoms with E-state index in [-0.39, 0.29) is 5.91 Å². The third-order valence-electron chi connectivity index (χ3n) is 5.30. The molecular formula is C24H28N6O. The number of nitriles is 1. The number of rotatable bonds is 7. The van der Waals surface area contributed by atoms with Crippen LogP contribution in [0.1, 0.15) is 36.0 Å². The number of carbonyl (C=O) groups excluding carboxylic acids is 1. The summed E-state index contributed by atoms with van der Waals surface area (Å²) in [6.07, 6.45) is 13.6. The van der Waals surface area contributed by atoms with Crippen molar-refractivity contribution in [3.05, 3.63) is 72.6 Å². The normalized spacial score (nSPS) is 14.9. The highest BCUT2D eigenvalue weighted by molar-refractivity contribution is 5.94. The largest absolute Gasteiger partial charge is 0.339 e. The highest BCUT2D eigenvalue weighted by atomic mass is 16.2. The molecule has 0 saturated carbocycles. The third-order valence-corrected chi connectivity index (χ3v) is 5.30. The highest BCUT2D eigenvalue weighted by Gasteiger charge is 2.22. The smallest absolute Gasteiger partial charge is 0.253 e. The second-order valence-corrected chi connectivity index (χ2v) is 7.44. The summed E-state index contributed by atoms with van der Waals surface area (Å²) in [5, 5.41) is 14.5. The average Bonchev–Trinajstić information content (AvgIpc) is 2.82. The number of aromatic nitrogens is 1. The van der Waals surface area contributed by atoms with Gasteiger partial charge in [0.05, 0.1) is 6.54 Å². The number of likely N-dealkylation sites (tertiary alicyclic amines) is 1. The summed E-state index contributed by atoms with van der Waals surface area (Å²) in [7, 11) is 0. The number of benzene rings is 1. The van der Waals surface area contributed by atoms with Crippen LogP contribution < -0.4 is 10.6 Å². The molecule has 0 spiro atoms. The topological polar surface area (TPSA) is 93.4 Å². The van der Waals surface area contributed by atoms with Crippen LogP contribution in [0.2, 0.25) is 0 Å². The summed E-state index contributed by atoms with van der Waals surface area (Å²) in [4.78, 5) is 22.8. The molecule has 1 aliphatic heterocycles. The van der Waals surface area contributed by atoms with Gasteiger partial charge in [-0.05, 0) is 55.9 Å². The lowest BCUT2D eigenvalue weighted by molar-refractivity contribution is 0.0687. The summed E-state index contributed by atoms with van der Waals surface area (Å²) < 4.78 is 0. The highest BCUT2D eigenvalue weighted by Crippen LogP contribution is 2.23. The van der Waals surface area contributed by atoms with E-state index in [1.54, 1.807) is 12.4 Å². The van der Waals surface area contributed by atoms with E-state index in [2.05, 4.69) is 26.7 Å². The molecule has 3 rings (SSSR count). The molecule has 1 aromatic heterocycles. The van der Waals surface area contributed by atoms with Crippen LogP contribution >= 0.6 is 0 Å². The van der Waals surface area contributed by atoms with Crippen molar-refractivity contribution in [1.82, 2.24) is 15.2 Å². The van der Waals surface area contributed by atoms with Crippen LogP contribution in [-0.2, 0) is 0 Å². The van der Waals surface area contributed by atoms with Crippen molar-refractivity contribution >= 4 is 17.6 Å². The fraction of sp³-hybridized carbons (Fsp3) is 0.333. The number of nitrogens with zero attached hydrogens (tertiary/aromatic N) is 4. The molecule has 0 radical (unpaired) electrons. The molecular weight excluding hydrogens is 388 g/mol. The number of carbonyl (C=O) groups is 1. The van der Waals surface area contributed by atoms with Gasteiger partial charge in [0.2, 0.25) is 5.96 Å². The maximum atomic E-state index is 12.5. The zero-order valence-electron chi connectivity index (χ0n) is 17.6. The predicted octanol–water partition coefficient (Wildman–Crippen LogP) is 3.81. The lowest BCUT2D eigenvalue weighted by atomic mass is 9.92. The van der Waals surface area contributed by atoms with Gasteiger partial charge in [0.15, 0.2) is 6.19 Å². The molecule has 0 atom stereocenters. The molecule has 1 amide bonds. The van der Waals surface area contributed by atoms with E-state index in [9.17, 15) is 4.79 Å². The molecule has 7 heteroatoms. The van der Waals surface area contributed by atoms with E-state index in [1.165, 1.54) is 0 Å². The van der Waals surface area contributed by atoms with E-state index in [0.717, 1.165) is 50.0 Å². The van der Waals surface area contributed by atoms with Crippen LogP contribution in [0.5, 0.6) is 0 Å². The summed E-state index contributed by atoms with van der Waals surface area (Å²) in [5.74, 6) is 1.20. The fourth-order valence-electron chi connectivity index (χ4n) is 3.59. The van der Waals surface area contributed by atoms with Crippen LogP contribution in [0.3, 0.4) is 0 Å². The lowest BCUT2D eigenvalue weighted by Gasteiger charge is -2.32. The Labute approximate surface area is 183 Å². The maximum Gasteiger partial charge on any atom is 0.253 e. The number of anilines is 1. The summed E-state index contributed by atoms with van der Waals surface area (Å²) in [6, 6.07) is 13.1. The maximum absolute atomic E-state index is 12.5. The molecule has 0 bridgehead atoms. The van der Waals surface area contributed by atoms with Gasteiger partial charge in [-0.25, -0.2) is 4.99 Å². The fourth-order valence-corrected chi connectivity index (χ4v) is 3.59. The number of piperidine rings is 1. The number of allylic oxidation sites excluding steroid dienone is 1. The Morgan fingerprint density at radius 3 is 2.61 bits per heavy atom. The zero-order valence-corrected chi connectivity index (χ0v) is 17.6. The van der Waals surface area contributed by atoms with E-state index in [0.29, 0.717) is 18.4 Å². The standard InChI is InChI=1S/C24H28N6O/c25-19-28-24(29-22-10-15-26-16-11-22)27-14-6-2-3-7-20-12-17-30(18-13-20)23(31)21-8-4-1-5-9-21/h1-2,4-6,8-11,15-16,20H,3,7,12-14,17-18H2,(H2,26,27,28,29)/b6-2+. The van der Waals surface area contributed by atoms with E-state index >= 15 is 0 Å². The molecule has 2 aromatic rings. The summed E-state index contributed by atoms with van der Waals surface area (Å²) in [5.41, 5.74) is 1.59. The number of aliphatic imine (C=N–C) groups is 1. The first kappa shape index (κ1) is 22.0. The van der Waals surface area contributed by atoms with Crippen molar-refractivity contribution in [3.8, 4) is 6.19 Å². The zero-order chi connectivity index (χ0) is 21.7. The Morgan fingerprint density at radius 1 is 1.16 bits per heavy atom. The Morgan fingerprint density at radius 2 is 1.90 bits per heavy atom. The minimum Gasteiger partial charge on any atom is -0.339 e. The van der Waals surface area contributed by atoms with Crippen LogP contribution in [0.15, 0.2) is 72.0 Å². The monoisotopic (exact) mass is 416 g/mol. The van der Waals surface area contributed by atoms with Crippen LogP contribution in [0.4, 0.5) is 5.69 Å². The van der Waals surface area contributed by atoms with Gasteiger partial charge in [0, 0.05) is 36.7 Å². The van der Waals surface area contributed by atoms with Gasteiger partial charge in [0.1, 0.15) is 0 Å². The molecule has 160 valence electrons. The van der Waals surface area contributed by atoms with Crippen molar-refractivity contribution in [2.24, 2.45) is 10.9 Å². The second kappa shape index (κ2) is 12.1. The Hall–Kier alpha value is -3.66. The number of pyridine rings is 1. The molecule has 7 nitrogen and oxygen atoms in total. The first-order valence-electron chi connectivity index (χ1n) is 10.6. The van der Waals surface area contributed by atoms with Gasteiger partial charge in [0.25, 0.3) is 5.91 Å². The van der Waals surface area contributed by atoms with Gasteiger partial charge in [-0.2, -0.15) is 5.26 Å². The first-order chi connectivity index (χ1) is 15.3. The molecule has 31 heavy (non-hydrogen) atoms. The van der Waals surface area contributed by atoms with Crippen molar-refractivity contribution in [3.63, 3.8) is 0 Å². The molecule has 1 aliphatic rings. The minimum atomic E-state index is 0.138. The number of hydrogen-bond acceptors (Lipinski definition) is 4. The first-order valence-corrected chi connectivity index (χ1v) is 10.6. The Bertz CT molecular complexity index is 912. The molecule has 1 aromatic carbocycles. The van der Waals surface area contributed by atoms with Crippen molar-refractivity contribution in [1.29, 1.82) is 5.26 Å². The average molecular weight is 417 g/mol. The van der Waals surface area contributed by atoms with Crippen molar-refractivity contribution in [2.75, 3.05) is 25.0 Å². The SMILES string of the molecule is N#CNC(=NC/C=C/CCC1CCN(C(=O)c2ccccc2)CC1)Nc1ccncc1. The Kier molecular flexibility index (Phi) is 8.62. The number of amides is 1. The van der Waals surface area contributed by atoms with Crippen LogP contribution in [0.25, 0.3) is 0 Å². The van der Waals surface area contributed by atoms with Crippen LogP contribution in [0, 0.1) is 17.4 Å². The van der Waals surface area contributed by atoms with Crippen molar-refractivity contribution < 1.29 is 4.79 Å². The second-order valence-electron chi connectivity index (χ2n) is 7.44. The molecule has 2 heterocycles. The predicted molar refractivity (Wildman–Crippen MR) is 122 cm³/mol. The Balaban J connectivity index is 1.36. The van der Waals surface area contributed by atoms with Gasteiger partial charge in [-0.3, -0.25) is 15.1 Å². The van der Waals surface area contributed by atoms with Gasteiger partial charge in [-0.1, -0.05) is 30.4 Å². The molecule has 0 unspecified atom stereocenters. The minimum absolute atomic E-state index is 0.138. The number of guanidine groups is 1. The van der Waals surface area contributed by atoms with Gasteiger partial charge >= 0.3 is 0 Å². The third kappa shape index (κ3) is 7.27. The quantitative estimate of drug-likeness (QED) is 0.235. The molecule has 1 saturated heterocycles. The lowest BCUT2D eigenvalue weighted by Crippen LogP contribution is -2.38. The van der Waals surface area contributed by atoms with Crippen molar-refractivity contribution in [2.45, 2.75) is 25.7 Å². The van der Waals surface area contributed by atoms with E-state index in [1.807, 2.05) is 59.6 Å². The number of nitrogens with one attached hydrogen (secondary N) is 2. The van der Waals surface area contributed by atoms with Gasteiger partial charge in [-0.15, -0.1) is 0 Å². The molecule has 2 N–H and O–H groups in total. The van der Waals surface area contributed by atoms with Gasteiger partial charge < -0.3 is 10.2 Å². The van der Waals surface area contributed by atoms with Crippen LogP contribution in [-0.4, -0.2) is 41.4 Å². The summed E-state index contributed by atoms with van der Waals surface area (Å²) in [6.45, 7) is 2.15.